The van der Waals surface area contributed by atoms with Crippen molar-refractivity contribution in [1.29, 1.82) is 0 Å². The monoisotopic (exact) mass is 296 g/mol. The third kappa shape index (κ3) is 3.00. The molecule has 92 valence electrons. The zero-order valence-electron chi connectivity index (χ0n) is 9.87. The zero-order valence-corrected chi connectivity index (χ0v) is 11.5. The fourth-order valence-corrected chi connectivity index (χ4v) is 2.30. The van der Waals surface area contributed by atoms with Gasteiger partial charge in [-0.05, 0) is 52.9 Å². The number of hydrogen-bond acceptors (Lipinski definition) is 2. The maximum Gasteiger partial charge on any atom is 0.251 e. The third-order valence-corrected chi connectivity index (χ3v) is 3.88. The number of carbonyl (C=O) groups excluding carboxylic acids is 1. The minimum atomic E-state index is -0.0206. The zero-order chi connectivity index (χ0) is 12.4. The molecular formula is C13H17BrN2O. The first kappa shape index (κ1) is 12.4. The van der Waals surface area contributed by atoms with Gasteiger partial charge in [0.1, 0.15) is 0 Å². The van der Waals surface area contributed by atoms with Gasteiger partial charge in [-0.3, -0.25) is 4.79 Å². The Labute approximate surface area is 110 Å². The lowest BCUT2D eigenvalue weighted by atomic mass is 10.2. The molecule has 1 aliphatic carbocycles. The van der Waals surface area contributed by atoms with Gasteiger partial charge in [0.2, 0.25) is 0 Å². The lowest BCUT2D eigenvalue weighted by Gasteiger charge is -2.06. The van der Waals surface area contributed by atoms with Gasteiger partial charge in [0.25, 0.3) is 5.91 Å². The maximum absolute atomic E-state index is 11.9. The molecule has 0 radical (unpaired) electrons. The largest absolute Gasteiger partial charge is 0.398 e. The molecule has 1 aliphatic rings. The summed E-state index contributed by atoms with van der Waals surface area (Å²) < 4.78 is 0.823. The van der Waals surface area contributed by atoms with Crippen molar-refractivity contribution in [1.82, 2.24) is 5.32 Å². The molecule has 0 aliphatic heterocycles. The Kier molecular flexibility index (Phi) is 3.72. The van der Waals surface area contributed by atoms with Crippen molar-refractivity contribution in [2.45, 2.75) is 32.2 Å². The molecule has 4 heteroatoms. The van der Waals surface area contributed by atoms with Crippen molar-refractivity contribution in [3.8, 4) is 0 Å². The highest BCUT2D eigenvalue weighted by Gasteiger charge is 2.37. The second kappa shape index (κ2) is 5.08. The van der Waals surface area contributed by atoms with E-state index in [1.54, 1.807) is 18.2 Å². The summed E-state index contributed by atoms with van der Waals surface area (Å²) in [5, 5.41) is 3.04. The normalized spacial score (nSPS) is 22.2. The van der Waals surface area contributed by atoms with Gasteiger partial charge in [0, 0.05) is 21.8 Å². The summed E-state index contributed by atoms with van der Waals surface area (Å²) in [5.74, 6) is 0.657. The topological polar surface area (TPSA) is 55.1 Å². The molecule has 0 aromatic heterocycles. The van der Waals surface area contributed by atoms with Crippen LogP contribution in [0, 0.1) is 5.92 Å². The van der Waals surface area contributed by atoms with Crippen LogP contribution in [-0.2, 0) is 0 Å². The molecule has 1 saturated carbocycles. The molecule has 0 saturated heterocycles. The predicted octanol–water partition coefficient (Wildman–Crippen LogP) is 2.95. The summed E-state index contributed by atoms with van der Waals surface area (Å²) in [5.41, 5.74) is 6.98. The smallest absolute Gasteiger partial charge is 0.251 e. The molecule has 3 N–H and O–H groups in total. The summed E-state index contributed by atoms with van der Waals surface area (Å²) in [4.78, 5) is 11.9. The molecular weight excluding hydrogens is 280 g/mol. The lowest BCUT2D eigenvalue weighted by molar-refractivity contribution is 0.0949. The third-order valence-electron chi connectivity index (χ3n) is 3.16. The van der Waals surface area contributed by atoms with Gasteiger partial charge < -0.3 is 11.1 Å². The fourth-order valence-electron chi connectivity index (χ4n) is 2.05. The number of halogens is 1. The molecule has 2 atom stereocenters. The number of amides is 1. The molecule has 0 spiro atoms. The Bertz CT molecular complexity index is 433. The van der Waals surface area contributed by atoms with Crippen LogP contribution in [0.15, 0.2) is 22.7 Å². The van der Waals surface area contributed by atoms with Crippen molar-refractivity contribution in [3.63, 3.8) is 0 Å². The van der Waals surface area contributed by atoms with Crippen LogP contribution in [-0.4, -0.2) is 11.9 Å². The second-order valence-electron chi connectivity index (χ2n) is 4.60. The van der Waals surface area contributed by atoms with E-state index < -0.39 is 0 Å². The van der Waals surface area contributed by atoms with Gasteiger partial charge in [-0.15, -0.1) is 0 Å². The van der Waals surface area contributed by atoms with Crippen molar-refractivity contribution in [2.75, 3.05) is 5.73 Å². The van der Waals surface area contributed by atoms with Crippen LogP contribution in [0.25, 0.3) is 0 Å². The summed E-state index contributed by atoms with van der Waals surface area (Å²) in [6, 6.07) is 5.66. The Morgan fingerprint density at radius 2 is 2.35 bits per heavy atom. The molecule has 0 bridgehead atoms. The van der Waals surface area contributed by atoms with Gasteiger partial charge >= 0.3 is 0 Å². The van der Waals surface area contributed by atoms with E-state index in [-0.39, 0.29) is 5.91 Å². The SMILES string of the molecule is CCCC1CC1NC(=O)c1ccc(Br)c(N)c1. The molecule has 1 fully saturated rings. The average molecular weight is 297 g/mol. The predicted molar refractivity (Wildman–Crippen MR) is 72.8 cm³/mol. The lowest BCUT2D eigenvalue weighted by Crippen LogP contribution is -2.26. The number of hydrogen-bond donors (Lipinski definition) is 2. The minimum Gasteiger partial charge on any atom is -0.398 e. The number of carbonyl (C=O) groups is 1. The van der Waals surface area contributed by atoms with Crippen molar-refractivity contribution >= 4 is 27.5 Å². The van der Waals surface area contributed by atoms with E-state index in [4.69, 9.17) is 5.73 Å². The molecule has 1 amide bonds. The van der Waals surface area contributed by atoms with Crippen LogP contribution in [0.3, 0.4) is 0 Å². The van der Waals surface area contributed by atoms with Gasteiger partial charge in [0.15, 0.2) is 0 Å². The summed E-state index contributed by atoms with van der Waals surface area (Å²) >= 11 is 3.32. The highest BCUT2D eigenvalue weighted by molar-refractivity contribution is 9.10. The molecule has 1 aromatic carbocycles. The number of anilines is 1. The van der Waals surface area contributed by atoms with Crippen molar-refractivity contribution in [3.05, 3.63) is 28.2 Å². The minimum absolute atomic E-state index is 0.0206. The van der Waals surface area contributed by atoms with Crippen LogP contribution in [0.2, 0.25) is 0 Å². The quantitative estimate of drug-likeness (QED) is 0.840. The standard InChI is InChI=1S/C13H17BrN2O/c1-2-3-8-7-12(8)16-13(17)9-4-5-10(14)11(15)6-9/h4-6,8,12H,2-3,7,15H2,1H3,(H,16,17). The molecule has 0 heterocycles. The molecule has 2 rings (SSSR count). The van der Waals surface area contributed by atoms with Gasteiger partial charge in [-0.2, -0.15) is 0 Å². The molecule has 17 heavy (non-hydrogen) atoms. The van der Waals surface area contributed by atoms with Crippen LogP contribution in [0.4, 0.5) is 5.69 Å². The van der Waals surface area contributed by atoms with E-state index in [0.29, 0.717) is 23.2 Å². The average Bonchev–Trinajstić information content (AvgIpc) is 3.01. The van der Waals surface area contributed by atoms with Gasteiger partial charge in [-0.1, -0.05) is 13.3 Å². The Hall–Kier alpha value is -1.03. The van der Waals surface area contributed by atoms with Crippen molar-refractivity contribution < 1.29 is 4.79 Å². The Balaban J connectivity index is 1.94. The number of nitrogens with one attached hydrogen (secondary N) is 1. The highest BCUT2D eigenvalue weighted by atomic mass is 79.9. The maximum atomic E-state index is 11.9. The number of nitrogens with two attached hydrogens (primary N) is 1. The van der Waals surface area contributed by atoms with Crippen LogP contribution in [0.1, 0.15) is 36.5 Å². The summed E-state index contributed by atoms with van der Waals surface area (Å²) in [6.45, 7) is 2.17. The molecule has 2 unspecified atom stereocenters. The number of benzene rings is 1. The van der Waals surface area contributed by atoms with Gasteiger partial charge in [0.05, 0.1) is 0 Å². The molecule has 1 aromatic rings. The first-order chi connectivity index (χ1) is 8.11. The van der Waals surface area contributed by atoms with E-state index >= 15 is 0 Å². The summed E-state index contributed by atoms with van der Waals surface area (Å²) in [7, 11) is 0. The second-order valence-corrected chi connectivity index (χ2v) is 5.46. The van der Waals surface area contributed by atoms with Crippen LogP contribution < -0.4 is 11.1 Å². The summed E-state index contributed by atoms with van der Waals surface area (Å²) in [6.07, 6.45) is 3.50. The Morgan fingerprint density at radius 3 is 3.00 bits per heavy atom. The van der Waals surface area contributed by atoms with E-state index in [9.17, 15) is 4.79 Å². The van der Waals surface area contributed by atoms with E-state index in [0.717, 1.165) is 10.9 Å². The number of nitrogen functional groups attached to an aromatic ring is 1. The van der Waals surface area contributed by atoms with E-state index in [1.807, 2.05) is 0 Å². The first-order valence-corrected chi connectivity index (χ1v) is 6.77. The van der Waals surface area contributed by atoms with E-state index in [1.165, 1.54) is 12.8 Å². The first-order valence-electron chi connectivity index (χ1n) is 5.97. The van der Waals surface area contributed by atoms with Crippen LogP contribution in [0.5, 0.6) is 0 Å². The number of rotatable bonds is 4. The van der Waals surface area contributed by atoms with Gasteiger partial charge in [-0.25, -0.2) is 0 Å². The Morgan fingerprint density at radius 1 is 1.59 bits per heavy atom. The molecule has 3 nitrogen and oxygen atoms in total. The fraction of sp³-hybridized carbons (Fsp3) is 0.462. The highest BCUT2D eigenvalue weighted by Crippen LogP contribution is 2.34. The van der Waals surface area contributed by atoms with Crippen molar-refractivity contribution in [2.24, 2.45) is 5.92 Å². The van der Waals surface area contributed by atoms with Crippen LogP contribution >= 0.6 is 15.9 Å². The van der Waals surface area contributed by atoms with E-state index in [2.05, 4.69) is 28.2 Å².